The summed E-state index contributed by atoms with van der Waals surface area (Å²) < 4.78 is 6.48. The van der Waals surface area contributed by atoms with E-state index in [0.717, 1.165) is 5.56 Å². The van der Waals surface area contributed by atoms with Gasteiger partial charge in [-0.05, 0) is 37.0 Å². The van der Waals surface area contributed by atoms with Crippen molar-refractivity contribution in [2.75, 3.05) is 18.5 Å². The number of anilines is 1. The first-order valence-corrected chi connectivity index (χ1v) is 13.3. The molecule has 3 aliphatic heterocycles. The van der Waals surface area contributed by atoms with Crippen LogP contribution in [0.15, 0.2) is 60.7 Å². The molecule has 190 valence electrons. The number of nitrogens with zero attached hydrogens (tertiary/aromatic N) is 1. The Morgan fingerprint density at radius 2 is 1.75 bits per heavy atom. The Bertz CT molecular complexity index is 1120. The number of ether oxygens (including phenoxy) is 1. The normalized spacial score (nSPS) is 30.3. The molecule has 3 saturated heterocycles. The Balaban J connectivity index is 1.43. The Morgan fingerprint density at radius 3 is 2.44 bits per heavy atom. The van der Waals surface area contributed by atoms with Gasteiger partial charge in [-0.2, -0.15) is 0 Å². The van der Waals surface area contributed by atoms with Gasteiger partial charge in [0.15, 0.2) is 0 Å². The van der Waals surface area contributed by atoms with Gasteiger partial charge in [0, 0.05) is 30.2 Å². The summed E-state index contributed by atoms with van der Waals surface area (Å²) in [6.45, 7) is 0.648. The fraction of sp³-hybridized carbons (Fsp3) is 0.444. The van der Waals surface area contributed by atoms with Crippen molar-refractivity contribution in [1.82, 2.24) is 10.2 Å². The smallest absolute Gasteiger partial charge is 0.246 e. The molecule has 2 aromatic rings. The van der Waals surface area contributed by atoms with Crippen LogP contribution in [0.5, 0.6) is 0 Å². The summed E-state index contributed by atoms with van der Waals surface area (Å²) >= 11 is 3.68. The fourth-order valence-electron chi connectivity index (χ4n) is 5.99. The van der Waals surface area contributed by atoms with Crippen LogP contribution in [0.4, 0.5) is 5.69 Å². The van der Waals surface area contributed by atoms with Gasteiger partial charge in [-0.25, -0.2) is 0 Å². The van der Waals surface area contributed by atoms with E-state index >= 15 is 0 Å². The van der Waals surface area contributed by atoms with Crippen LogP contribution in [0.25, 0.3) is 0 Å². The number of fused-ring (bicyclic) bond motifs is 1. The highest BCUT2D eigenvalue weighted by atomic mass is 79.9. The van der Waals surface area contributed by atoms with Crippen LogP contribution in [0.3, 0.4) is 0 Å². The third kappa shape index (κ3) is 4.33. The predicted molar refractivity (Wildman–Crippen MR) is 137 cm³/mol. The highest BCUT2D eigenvalue weighted by Gasteiger charge is 2.76. The van der Waals surface area contributed by atoms with Crippen LogP contribution < -0.4 is 10.6 Å². The molecule has 5 rings (SSSR count). The van der Waals surface area contributed by atoms with Crippen LogP contribution in [-0.2, 0) is 25.7 Å². The number of likely N-dealkylation sites (tertiary alicyclic amines) is 1. The number of para-hydroxylation sites is 1. The van der Waals surface area contributed by atoms with E-state index in [1.165, 1.54) is 0 Å². The minimum atomic E-state index is -1.09. The molecule has 2 aromatic carbocycles. The lowest BCUT2D eigenvalue weighted by Gasteiger charge is -2.34. The SMILES string of the molecule is O=C(NCc1ccccc1)C1N(CCCCO)C(=O)[C@@H]2[C@@H](C(=O)Nc3ccccc3)[C@@H]3OC12CC3Br. The number of nitrogens with one attached hydrogen (secondary N) is 2. The van der Waals surface area contributed by atoms with Gasteiger partial charge in [0.25, 0.3) is 0 Å². The van der Waals surface area contributed by atoms with Gasteiger partial charge in [0.1, 0.15) is 11.6 Å². The summed E-state index contributed by atoms with van der Waals surface area (Å²) in [4.78, 5) is 42.4. The van der Waals surface area contributed by atoms with Crippen LogP contribution in [0, 0.1) is 11.8 Å². The van der Waals surface area contributed by atoms with E-state index in [1.807, 2.05) is 48.5 Å². The maximum Gasteiger partial charge on any atom is 0.246 e. The topological polar surface area (TPSA) is 108 Å². The number of unbranched alkanes of at least 4 members (excludes halogenated alkanes) is 1. The number of aliphatic hydroxyl groups excluding tert-OH is 1. The summed E-state index contributed by atoms with van der Waals surface area (Å²) in [7, 11) is 0. The van der Waals surface area contributed by atoms with Crippen molar-refractivity contribution in [1.29, 1.82) is 0 Å². The quantitative estimate of drug-likeness (QED) is 0.325. The van der Waals surface area contributed by atoms with E-state index in [0.29, 0.717) is 38.0 Å². The zero-order valence-corrected chi connectivity index (χ0v) is 21.4. The lowest BCUT2D eigenvalue weighted by Crippen LogP contribution is -2.55. The third-order valence-corrected chi connectivity index (χ3v) is 8.34. The molecule has 3 unspecified atom stereocenters. The molecule has 8 nitrogen and oxygen atoms in total. The van der Waals surface area contributed by atoms with Crippen LogP contribution in [0.1, 0.15) is 24.8 Å². The first-order valence-electron chi connectivity index (χ1n) is 12.4. The fourth-order valence-corrected chi connectivity index (χ4v) is 6.94. The number of alkyl halides is 1. The molecule has 3 fully saturated rings. The van der Waals surface area contributed by atoms with Crippen LogP contribution in [-0.4, -0.2) is 63.5 Å². The highest BCUT2D eigenvalue weighted by Crippen LogP contribution is 2.60. The average molecular weight is 556 g/mol. The summed E-state index contributed by atoms with van der Waals surface area (Å²) in [6, 6.07) is 17.8. The van der Waals surface area contributed by atoms with Crippen molar-refractivity contribution in [3.8, 4) is 0 Å². The number of amides is 3. The second-order valence-electron chi connectivity index (χ2n) is 9.68. The Labute approximate surface area is 218 Å². The molecule has 6 atom stereocenters. The molecule has 0 saturated carbocycles. The van der Waals surface area contributed by atoms with Crippen molar-refractivity contribution in [2.45, 2.75) is 48.4 Å². The molecule has 36 heavy (non-hydrogen) atoms. The summed E-state index contributed by atoms with van der Waals surface area (Å²) in [6.07, 6.45) is 1.02. The lowest BCUT2D eigenvalue weighted by atomic mass is 9.70. The lowest BCUT2D eigenvalue weighted by molar-refractivity contribution is -0.141. The van der Waals surface area contributed by atoms with E-state index in [4.69, 9.17) is 4.74 Å². The van der Waals surface area contributed by atoms with Gasteiger partial charge in [-0.1, -0.05) is 64.5 Å². The maximum atomic E-state index is 13.8. The minimum Gasteiger partial charge on any atom is -0.396 e. The van der Waals surface area contributed by atoms with Crippen LogP contribution >= 0.6 is 15.9 Å². The Hall–Kier alpha value is -2.75. The van der Waals surface area contributed by atoms with Gasteiger partial charge < -0.3 is 25.4 Å². The standard InChI is InChI=1S/C27H30BrN3O5/c28-19-15-27-21(20(22(19)36-27)24(33)30-18-11-5-2-6-12-18)26(35)31(13-7-8-14-32)23(27)25(34)29-16-17-9-3-1-4-10-17/h1-6,9-12,19-23,32H,7-8,13-16H2,(H,29,34)(H,30,33)/t19?,20-,21+,22-,23?,27?/m1/s1. The summed E-state index contributed by atoms with van der Waals surface area (Å²) in [5.74, 6) is -2.27. The number of carbonyl (C=O) groups excluding carboxylic acids is 3. The van der Waals surface area contributed by atoms with Gasteiger partial charge in [0.2, 0.25) is 17.7 Å². The monoisotopic (exact) mass is 555 g/mol. The Morgan fingerprint density at radius 1 is 1.06 bits per heavy atom. The summed E-state index contributed by atoms with van der Waals surface area (Å²) in [5, 5.41) is 15.2. The number of hydrogen-bond donors (Lipinski definition) is 3. The number of rotatable bonds is 9. The van der Waals surface area contributed by atoms with Gasteiger partial charge in [-0.15, -0.1) is 0 Å². The van der Waals surface area contributed by atoms with E-state index in [-0.39, 0.29) is 29.2 Å². The number of carbonyl (C=O) groups is 3. The molecule has 3 aliphatic rings. The molecule has 3 N–H and O–H groups in total. The van der Waals surface area contributed by atoms with Crippen molar-refractivity contribution in [3.63, 3.8) is 0 Å². The molecule has 0 radical (unpaired) electrons. The van der Waals surface area contributed by atoms with Gasteiger partial charge >= 0.3 is 0 Å². The predicted octanol–water partition coefficient (Wildman–Crippen LogP) is 2.46. The van der Waals surface area contributed by atoms with Crippen molar-refractivity contribution in [3.05, 3.63) is 66.2 Å². The molecule has 2 bridgehead atoms. The average Bonchev–Trinajstić information content (AvgIpc) is 3.47. The van der Waals surface area contributed by atoms with E-state index in [2.05, 4.69) is 26.6 Å². The minimum absolute atomic E-state index is 0.00558. The first-order chi connectivity index (χ1) is 17.5. The van der Waals surface area contributed by atoms with Gasteiger partial charge in [0.05, 0.1) is 17.9 Å². The first kappa shape index (κ1) is 24.9. The van der Waals surface area contributed by atoms with E-state index in [9.17, 15) is 19.5 Å². The second kappa shape index (κ2) is 10.3. The molecule has 3 heterocycles. The van der Waals surface area contributed by atoms with Gasteiger partial charge in [-0.3, -0.25) is 14.4 Å². The molecular weight excluding hydrogens is 526 g/mol. The third-order valence-electron chi connectivity index (χ3n) is 7.50. The number of hydrogen-bond acceptors (Lipinski definition) is 5. The maximum absolute atomic E-state index is 13.8. The highest BCUT2D eigenvalue weighted by molar-refractivity contribution is 9.09. The van der Waals surface area contributed by atoms with Crippen molar-refractivity contribution < 1.29 is 24.2 Å². The molecule has 1 spiro atoms. The van der Waals surface area contributed by atoms with E-state index < -0.39 is 29.6 Å². The number of benzene rings is 2. The zero-order valence-electron chi connectivity index (χ0n) is 19.8. The Kier molecular flexibility index (Phi) is 7.14. The molecule has 9 heteroatoms. The number of aliphatic hydroxyl groups is 1. The molecule has 0 aliphatic carbocycles. The molecule has 3 amide bonds. The second-order valence-corrected chi connectivity index (χ2v) is 10.9. The van der Waals surface area contributed by atoms with Crippen molar-refractivity contribution in [2.24, 2.45) is 11.8 Å². The molecular formula is C27H30BrN3O5. The zero-order chi connectivity index (χ0) is 25.3. The largest absolute Gasteiger partial charge is 0.396 e. The summed E-state index contributed by atoms with van der Waals surface area (Å²) in [5.41, 5.74) is 0.508. The van der Waals surface area contributed by atoms with Crippen LogP contribution in [0.2, 0.25) is 0 Å². The van der Waals surface area contributed by atoms with E-state index in [1.54, 1.807) is 17.0 Å². The van der Waals surface area contributed by atoms with Crippen molar-refractivity contribution >= 4 is 39.3 Å². The number of halogens is 1. The molecule has 0 aromatic heterocycles.